The first kappa shape index (κ1) is 11.4. The van der Waals surface area contributed by atoms with Crippen molar-refractivity contribution in [3.05, 3.63) is 57.4 Å². The van der Waals surface area contributed by atoms with Crippen LogP contribution in [0.3, 0.4) is 0 Å². The Morgan fingerprint density at radius 2 is 2.19 bits per heavy atom. The van der Waals surface area contributed by atoms with Gasteiger partial charge in [-0.1, -0.05) is 27.5 Å². The van der Waals surface area contributed by atoms with E-state index >= 15 is 0 Å². The fourth-order valence-corrected chi connectivity index (χ4v) is 1.97. The van der Waals surface area contributed by atoms with Gasteiger partial charge >= 0.3 is 0 Å². The van der Waals surface area contributed by atoms with E-state index in [-0.39, 0.29) is 5.78 Å². The highest BCUT2D eigenvalue weighted by Gasteiger charge is 2.12. The van der Waals surface area contributed by atoms with Crippen LogP contribution < -0.4 is 0 Å². The summed E-state index contributed by atoms with van der Waals surface area (Å²) in [6.45, 7) is 0. The standard InChI is InChI=1S/C12H8BrClO2/c13-9-1-2-11(14)10(6-9)12(15)5-8-3-4-16-7-8/h1-4,6-7H,5H2. The highest BCUT2D eigenvalue weighted by atomic mass is 79.9. The minimum absolute atomic E-state index is 0.0206. The maximum atomic E-state index is 11.9. The van der Waals surface area contributed by atoms with E-state index in [9.17, 15) is 4.79 Å². The van der Waals surface area contributed by atoms with Crippen LogP contribution in [0.15, 0.2) is 45.7 Å². The molecule has 0 bridgehead atoms. The number of benzene rings is 1. The fraction of sp³-hybridized carbons (Fsp3) is 0.0833. The van der Waals surface area contributed by atoms with Gasteiger partial charge in [0.2, 0.25) is 0 Å². The molecule has 2 rings (SSSR count). The predicted molar refractivity (Wildman–Crippen MR) is 65.9 cm³/mol. The number of Topliss-reactive ketones (excluding diaryl/α,β-unsaturated/α-hetero) is 1. The molecule has 0 saturated heterocycles. The lowest BCUT2D eigenvalue weighted by Gasteiger charge is -2.02. The van der Waals surface area contributed by atoms with Gasteiger partial charge in [0, 0.05) is 16.5 Å². The summed E-state index contributed by atoms with van der Waals surface area (Å²) in [5.74, 6) is -0.0206. The fourth-order valence-electron chi connectivity index (χ4n) is 1.39. The molecule has 0 atom stereocenters. The molecule has 1 aromatic heterocycles. The van der Waals surface area contributed by atoms with Gasteiger partial charge in [-0.3, -0.25) is 4.79 Å². The first-order valence-corrected chi connectivity index (χ1v) is 5.83. The third-order valence-corrected chi connectivity index (χ3v) is 3.00. The molecule has 0 unspecified atom stereocenters. The Hall–Kier alpha value is -1.06. The summed E-state index contributed by atoms with van der Waals surface area (Å²) in [5.41, 5.74) is 1.37. The minimum Gasteiger partial charge on any atom is -0.472 e. The van der Waals surface area contributed by atoms with Crippen LogP contribution in [0.2, 0.25) is 5.02 Å². The lowest BCUT2D eigenvalue weighted by Crippen LogP contribution is -2.03. The molecule has 16 heavy (non-hydrogen) atoms. The van der Waals surface area contributed by atoms with Gasteiger partial charge in [0.15, 0.2) is 5.78 Å². The van der Waals surface area contributed by atoms with Gasteiger partial charge in [0.1, 0.15) is 0 Å². The van der Waals surface area contributed by atoms with Crippen LogP contribution in [-0.4, -0.2) is 5.78 Å². The highest BCUT2D eigenvalue weighted by molar-refractivity contribution is 9.10. The van der Waals surface area contributed by atoms with Crippen LogP contribution in [0.4, 0.5) is 0 Å². The van der Waals surface area contributed by atoms with E-state index in [0.717, 1.165) is 10.0 Å². The number of furan rings is 1. The Morgan fingerprint density at radius 3 is 2.88 bits per heavy atom. The van der Waals surface area contributed by atoms with E-state index in [1.807, 2.05) is 0 Å². The van der Waals surface area contributed by atoms with E-state index in [4.69, 9.17) is 16.0 Å². The van der Waals surface area contributed by atoms with Crippen molar-refractivity contribution in [3.63, 3.8) is 0 Å². The molecule has 82 valence electrons. The SMILES string of the molecule is O=C(Cc1ccoc1)c1cc(Br)ccc1Cl. The zero-order valence-electron chi connectivity index (χ0n) is 8.24. The molecule has 0 aliphatic heterocycles. The van der Waals surface area contributed by atoms with E-state index in [1.54, 1.807) is 36.8 Å². The van der Waals surface area contributed by atoms with Crippen molar-refractivity contribution in [1.82, 2.24) is 0 Å². The van der Waals surface area contributed by atoms with Crippen LogP contribution in [0.1, 0.15) is 15.9 Å². The molecule has 1 heterocycles. The van der Waals surface area contributed by atoms with Crippen LogP contribution in [0, 0.1) is 0 Å². The van der Waals surface area contributed by atoms with Crippen molar-refractivity contribution in [2.75, 3.05) is 0 Å². The van der Waals surface area contributed by atoms with E-state index in [2.05, 4.69) is 15.9 Å². The van der Waals surface area contributed by atoms with Gasteiger partial charge in [0.25, 0.3) is 0 Å². The molecule has 0 N–H and O–H groups in total. The third kappa shape index (κ3) is 2.54. The molecule has 0 aliphatic rings. The molecular formula is C12H8BrClO2. The summed E-state index contributed by atoms with van der Waals surface area (Å²) in [5, 5.41) is 0.469. The summed E-state index contributed by atoms with van der Waals surface area (Å²) < 4.78 is 5.75. The smallest absolute Gasteiger partial charge is 0.168 e. The molecular weight excluding hydrogens is 291 g/mol. The maximum absolute atomic E-state index is 11.9. The molecule has 0 fully saturated rings. The summed E-state index contributed by atoms with van der Waals surface area (Å²) in [6, 6.07) is 7.00. The minimum atomic E-state index is -0.0206. The van der Waals surface area contributed by atoms with Gasteiger partial charge in [0.05, 0.1) is 17.5 Å². The zero-order chi connectivity index (χ0) is 11.5. The van der Waals surface area contributed by atoms with Crippen LogP contribution in [0.25, 0.3) is 0 Å². The molecule has 0 radical (unpaired) electrons. The Kier molecular flexibility index (Phi) is 3.46. The van der Waals surface area contributed by atoms with Crippen molar-refractivity contribution < 1.29 is 9.21 Å². The summed E-state index contributed by atoms with van der Waals surface area (Å²) in [4.78, 5) is 11.9. The van der Waals surface area contributed by atoms with Gasteiger partial charge < -0.3 is 4.42 Å². The monoisotopic (exact) mass is 298 g/mol. The van der Waals surface area contributed by atoms with E-state index < -0.39 is 0 Å². The van der Waals surface area contributed by atoms with Crippen molar-refractivity contribution in [3.8, 4) is 0 Å². The number of carbonyl (C=O) groups is 1. The Labute approximate surface area is 106 Å². The molecule has 0 amide bonds. The highest BCUT2D eigenvalue weighted by Crippen LogP contribution is 2.22. The Balaban J connectivity index is 2.24. The molecule has 0 spiro atoms. The number of rotatable bonds is 3. The van der Waals surface area contributed by atoms with Crippen LogP contribution >= 0.6 is 27.5 Å². The average Bonchev–Trinajstić information content (AvgIpc) is 2.74. The molecule has 0 saturated carbocycles. The van der Waals surface area contributed by atoms with Crippen molar-refractivity contribution >= 4 is 33.3 Å². The van der Waals surface area contributed by atoms with Crippen molar-refractivity contribution in [2.45, 2.75) is 6.42 Å². The zero-order valence-corrected chi connectivity index (χ0v) is 10.6. The Bertz CT molecular complexity index is 506. The van der Waals surface area contributed by atoms with Gasteiger partial charge in [-0.05, 0) is 29.8 Å². The maximum Gasteiger partial charge on any atom is 0.168 e. The molecule has 2 aromatic rings. The van der Waals surface area contributed by atoms with Crippen LogP contribution in [-0.2, 0) is 6.42 Å². The van der Waals surface area contributed by atoms with E-state index in [0.29, 0.717) is 17.0 Å². The molecule has 0 aliphatic carbocycles. The lowest BCUT2D eigenvalue weighted by atomic mass is 10.1. The van der Waals surface area contributed by atoms with Gasteiger partial charge in [-0.25, -0.2) is 0 Å². The van der Waals surface area contributed by atoms with E-state index in [1.165, 1.54) is 0 Å². The average molecular weight is 300 g/mol. The number of ketones is 1. The number of hydrogen-bond acceptors (Lipinski definition) is 2. The summed E-state index contributed by atoms with van der Waals surface area (Å²) in [6.07, 6.45) is 3.40. The van der Waals surface area contributed by atoms with Crippen molar-refractivity contribution in [1.29, 1.82) is 0 Å². The number of halogens is 2. The number of hydrogen-bond donors (Lipinski definition) is 0. The van der Waals surface area contributed by atoms with Crippen LogP contribution in [0.5, 0.6) is 0 Å². The summed E-state index contributed by atoms with van der Waals surface area (Å²) in [7, 11) is 0. The quantitative estimate of drug-likeness (QED) is 0.798. The second-order valence-corrected chi connectivity index (χ2v) is 4.68. The largest absolute Gasteiger partial charge is 0.472 e. The summed E-state index contributed by atoms with van der Waals surface area (Å²) >= 11 is 9.28. The second-order valence-electron chi connectivity index (χ2n) is 3.36. The topological polar surface area (TPSA) is 30.2 Å². The number of carbonyl (C=O) groups excluding carboxylic acids is 1. The van der Waals surface area contributed by atoms with Gasteiger partial charge in [-0.2, -0.15) is 0 Å². The van der Waals surface area contributed by atoms with Gasteiger partial charge in [-0.15, -0.1) is 0 Å². The molecule has 2 nitrogen and oxygen atoms in total. The third-order valence-electron chi connectivity index (χ3n) is 2.17. The predicted octanol–water partition coefficient (Wildman–Crippen LogP) is 4.12. The molecule has 1 aromatic carbocycles. The first-order valence-electron chi connectivity index (χ1n) is 4.66. The second kappa shape index (κ2) is 4.85. The Morgan fingerprint density at radius 1 is 1.38 bits per heavy atom. The van der Waals surface area contributed by atoms with Crippen molar-refractivity contribution in [2.24, 2.45) is 0 Å². The normalized spacial score (nSPS) is 10.4. The molecule has 4 heteroatoms. The lowest BCUT2D eigenvalue weighted by molar-refractivity contribution is 0.0993. The first-order chi connectivity index (χ1) is 7.66.